The van der Waals surface area contributed by atoms with Crippen LogP contribution in [-0.2, 0) is 4.79 Å². The summed E-state index contributed by atoms with van der Waals surface area (Å²) in [5.74, 6) is -1.22. The molecule has 2 aromatic carbocycles. The van der Waals surface area contributed by atoms with E-state index in [1.165, 1.54) is 6.20 Å². The number of hydrogen-bond donors (Lipinski definition) is 3. The van der Waals surface area contributed by atoms with Crippen LogP contribution >= 0.6 is 11.6 Å². The molecule has 0 aliphatic carbocycles. The fourth-order valence-corrected chi connectivity index (χ4v) is 2.23. The molecule has 126 valence electrons. The molecule has 0 aliphatic heterocycles. The van der Waals surface area contributed by atoms with E-state index in [9.17, 15) is 14.9 Å². The number of nitriles is 1. The molecule has 0 atom stereocenters. The van der Waals surface area contributed by atoms with Gasteiger partial charge >= 0.3 is 0 Å². The highest BCUT2D eigenvalue weighted by Crippen LogP contribution is 2.23. The largest absolute Gasteiger partial charge is 0.366 e. The maximum Gasteiger partial charge on any atom is 0.267 e. The predicted molar refractivity (Wildman–Crippen MR) is 97.1 cm³/mol. The normalized spacial score (nSPS) is 10.7. The summed E-state index contributed by atoms with van der Waals surface area (Å²) in [7, 11) is 0. The maximum atomic E-state index is 12.3. The van der Waals surface area contributed by atoms with Gasteiger partial charge in [-0.1, -0.05) is 29.8 Å². The number of rotatable bonds is 5. The van der Waals surface area contributed by atoms with E-state index in [0.717, 1.165) is 0 Å². The van der Waals surface area contributed by atoms with Gasteiger partial charge in [-0.15, -0.1) is 0 Å². The maximum absolute atomic E-state index is 12.3. The number of hydrogen-bond acceptors (Lipinski definition) is 4. The molecule has 0 heterocycles. The van der Waals surface area contributed by atoms with Gasteiger partial charge in [-0.05, 0) is 36.8 Å². The van der Waals surface area contributed by atoms with Crippen molar-refractivity contribution in [3.8, 4) is 6.07 Å². The molecule has 6 nitrogen and oxygen atoms in total. The molecule has 0 saturated heterocycles. The van der Waals surface area contributed by atoms with Crippen molar-refractivity contribution < 1.29 is 9.59 Å². The topological polar surface area (TPSA) is 108 Å². The summed E-state index contributed by atoms with van der Waals surface area (Å²) in [4.78, 5) is 23.7. The molecule has 0 aromatic heterocycles. The van der Waals surface area contributed by atoms with Crippen LogP contribution < -0.4 is 16.4 Å². The highest BCUT2D eigenvalue weighted by Gasteiger charge is 2.12. The molecule has 0 unspecified atom stereocenters. The van der Waals surface area contributed by atoms with Gasteiger partial charge in [-0.3, -0.25) is 9.59 Å². The summed E-state index contributed by atoms with van der Waals surface area (Å²) < 4.78 is 0. The van der Waals surface area contributed by atoms with Crippen molar-refractivity contribution in [2.24, 2.45) is 5.73 Å². The van der Waals surface area contributed by atoms with Crippen LogP contribution in [0.1, 0.15) is 15.9 Å². The number of primary amides is 1. The SMILES string of the molecule is Cc1c(Cl)cccc1NC(=O)/C(C#N)=C\Nc1ccccc1C(N)=O. The number of nitrogens with two attached hydrogens (primary N) is 1. The Hall–Kier alpha value is -3.30. The van der Waals surface area contributed by atoms with E-state index in [4.69, 9.17) is 17.3 Å². The lowest BCUT2D eigenvalue weighted by Crippen LogP contribution is -2.16. The summed E-state index contributed by atoms with van der Waals surface area (Å²) >= 11 is 6.01. The molecule has 0 saturated carbocycles. The highest BCUT2D eigenvalue weighted by molar-refractivity contribution is 6.31. The summed E-state index contributed by atoms with van der Waals surface area (Å²) in [5.41, 5.74) is 6.98. The van der Waals surface area contributed by atoms with Crippen LogP contribution in [0.3, 0.4) is 0 Å². The van der Waals surface area contributed by atoms with Crippen LogP contribution in [0.2, 0.25) is 5.02 Å². The Labute approximate surface area is 149 Å². The molecule has 0 fully saturated rings. The Bertz CT molecular complexity index is 900. The molecule has 2 amide bonds. The van der Waals surface area contributed by atoms with E-state index in [-0.39, 0.29) is 11.1 Å². The van der Waals surface area contributed by atoms with Crippen molar-refractivity contribution in [1.29, 1.82) is 5.26 Å². The van der Waals surface area contributed by atoms with Crippen LogP contribution in [0.5, 0.6) is 0 Å². The van der Waals surface area contributed by atoms with Gasteiger partial charge in [0.05, 0.1) is 11.3 Å². The first-order valence-corrected chi connectivity index (χ1v) is 7.64. The number of amides is 2. The zero-order chi connectivity index (χ0) is 18.4. The first-order chi connectivity index (χ1) is 11.9. The monoisotopic (exact) mass is 354 g/mol. The molecular formula is C18H15ClN4O2. The summed E-state index contributed by atoms with van der Waals surface area (Å²) in [5, 5.41) is 15.1. The number of anilines is 2. The number of nitrogens with zero attached hydrogens (tertiary/aromatic N) is 1. The number of para-hydroxylation sites is 1. The minimum Gasteiger partial charge on any atom is -0.366 e. The lowest BCUT2D eigenvalue weighted by atomic mass is 10.1. The first-order valence-electron chi connectivity index (χ1n) is 7.26. The second-order valence-corrected chi connectivity index (χ2v) is 5.50. The third-order valence-corrected chi connectivity index (χ3v) is 3.85. The van der Waals surface area contributed by atoms with Crippen LogP contribution in [0.4, 0.5) is 11.4 Å². The second kappa shape index (κ2) is 7.99. The number of carbonyl (C=O) groups excluding carboxylic acids is 2. The van der Waals surface area contributed by atoms with E-state index in [1.807, 2.05) is 6.07 Å². The summed E-state index contributed by atoms with van der Waals surface area (Å²) in [6.45, 7) is 1.76. The molecule has 2 rings (SSSR count). The number of halogens is 1. The van der Waals surface area contributed by atoms with E-state index in [2.05, 4.69) is 10.6 Å². The molecule has 2 aromatic rings. The second-order valence-electron chi connectivity index (χ2n) is 5.09. The lowest BCUT2D eigenvalue weighted by molar-refractivity contribution is -0.112. The highest BCUT2D eigenvalue weighted by atomic mass is 35.5. The predicted octanol–water partition coefficient (Wildman–Crippen LogP) is 3.21. The molecule has 0 spiro atoms. The molecule has 4 N–H and O–H groups in total. The quantitative estimate of drug-likeness (QED) is 0.566. The van der Waals surface area contributed by atoms with E-state index < -0.39 is 11.8 Å². The van der Waals surface area contributed by atoms with Gasteiger partial charge in [0.1, 0.15) is 11.6 Å². The van der Waals surface area contributed by atoms with Crippen molar-refractivity contribution in [2.75, 3.05) is 10.6 Å². The van der Waals surface area contributed by atoms with Crippen LogP contribution in [0.25, 0.3) is 0 Å². The van der Waals surface area contributed by atoms with Crippen LogP contribution in [0.15, 0.2) is 54.2 Å². The Morgan fingerprint density at radius 3 is 2.52 bits per heavy atom. The number of benzene rings is 2. The minimum absolute atomic E-state index is 0.168. The van der Waals surface area contributed by atoms with E-state index >= 15 is 0 Å². The third-order valence-electron chi connectivity index (χ3n) is 3.45. The van der Waals surface area contributed by atoms with E-state index in [1.54, 1.807) is 49.4 Å². The Morgan fingerprint density at radius 1 is 1.16 bits per heavy atom. The van der Waals surface area contributed by atoms with Gasteiger partial charge in [0.25, 0.3) is 11.8 Å². The third kappa shape index (κ3) is 4.37. The van der Waals surface area contributed by atoms with Crippen molar-refractivity contribution in [3.05, 3.63) is 70.4 Å². The molecule has 0 radical (unpaired) electrons. The average molecular weight is 355 g/mol. The Kier molecular flexibility index (Phi) is 5.77. The zero-order valence-electron chi connectivity index (χ0n) is 13.3. The fraction of sp³-hybridized carbons (Fsp3) is 0.0556. The first kappa shape index (κ1) is 18.0. The summed E-state index contributed by atoms with van der Waals surface area (Å²) in [6.07, 6.45) is 1.22. The van der Waals surface area contributed by atoms with Gasteiger partial charge in [0, 0.05) is 16.9 Å². The van der Waals surface area contributed by atoms with Gasteiger partial charge in [-0.25, -0.2) is 0 Å². The van der Waals surface area contributed by atoms with Crippen molar-refractivity contribution in [2.45, 2.75) is 6.92 Å². The Balaban J connectivity index is 2.21. The lowest BCUT2D eigenvalue weighted by Gasteiger charge is -2.10. The smallest absolute Gasteiger partial charge is 0.267 e. The zero-order valence-corrected chi connectivity index (χ0v) is 14.1. The van der Waals surface area contributed by atoms with Gasteiger partial charge in [-0.2, -0.15) is 5.26 Å². The standard InChI is InChI=1S/C18H15ClN4O2/c1-11-14(19)6-4-8-15(11)23-18(25)12(9-20)10-22-16-7-3-2-5-13(16)17(21)24/h2-8,10,22H,1H3,(H2,21,24)(H,23,25)/b12-10-. The number of carbonyl (C=O) groups is 2. The minimum atomic E-state index is -0.617. The van der Waals surface area contributed by atoms with Gasteiger partial charge in [0.2, 0.25) is 0 Å². The van der Waals surface area contributed by atoms with Crippen LogP contribution in [-0.4, -0.2) is 11.8 Å². The molecule has 0 bridgehead atoms. The molecule has 0 aliphatic rings. The fourth-order valence-electron chi connectivity index (χ4n) is 2.05. The van der Waals surface area contributed by atoms with Gasteiger partial charge < -0.3 is 16.4 Å². The number of nitrogens with one attached hydrogen (secondary N) is 2. The van der Waals surface area contributed by atoms with Gasteiger partial charge in [0.15, 0.2) is 0 Å². The molecular weight excluding hydrogens is 340 g/mol. The molecule has 25 heavy (non-hydrogen) atoms. The van der Waals surface area contributed by atoms with Crippen LogP contribution in [0, 0.1) is 18.3 Å². The Morgan fingerprint density at radius 2 is 1.84 bits per heavy atom. The van der Waals surface area contributed by atoms with E-state index in [0.29, 0.717) is 22.0 Å². The summed E-state index contributed by atoms with van der Waals surface area (Å²) in [6, 6.07) is 13.4. The van der Waals surface area contributed by atoms with Crippen molar-refractivity contribution >= 4 is 34.8 Å². The van der Waals surface area contributed by atoms with Crippen molar-refractivity contribution in [1.82, 2.24) is 0 Å². The molecule has 7 heteroatoms. The average Bonchev–Trinajstić information content (AvgIpc) is 2.59. The van der Waals surface area contributed by atoms with Crippen molar-refractivity contribution in [3.63, 3.8) is 0 Å².